The van der Waals surface area contributed by atoms with Crippen molar-refractivity contribution in [1.29, 1.82) is 0 Å². The molecule has 24 heavy (non-hydrogen) atoms. The summed E-state index contributed by atoms with van der Waals surface area (Å²) in [5.41, 5.74) is -0.374. The van der Waals surface area contributed by atoms with Gasteiger partial charge in [-0.1, -0.05) is 19.1 Å². The maximum Gasteiger partial charge on any atom is 0.416 e. The standard InChI is InChI=1S/C16H21F3N2O2S/c1-2-20-9-14-7-8-15(10-20)21(14)24(22,23)11-12-3-5-13(6-4-12)16(17,18)19/h3-6,14-15H,2,7-11H2,1H3. The van der Waals surface area contributed by atoms with Crippen molar-refractivity contribution >= 4 is 10.0 Å². The second-order valence-corrected chi connectivity index (χ2v) is 8.39. The van der Waals surface area contributed by atoms with Crippen molar-refractivity contribution in [3.63, 3.8) is 0 Å². The van der Waals surface area contributed by atoms with E-state index in [4.69, 9.17) is 0 Å². The topological polar surface area (TPSA) is 40.6 Å². The number of likely N-dealkylation sites (N-methyl/N-ethyl adjacent to an activating group) is 1. The maximum atomic E-state index is 12.8. The lowest BCUT2D eigenvalue weighted by molar-refractivity contribution is -0.137. The molecule has 0 aliphatic carbocycles. The summed E-state index contributed by atoms with van der Waals surface area (Å²) >= 11 is 0. The summed E-state index contributed by atoms with van der Waals surface area (Å²) < 4.78 is 65.0. The van der Waals surface area contributed by atoms with Crippen LogP contribution in [0.4, 0.5) is 13.2 Å². The van der Waals surface area contributed by atoms with E-state index in [2.05, 4.69) is 11.8 Å². The van der Waals surface area contributed by atoms with Gasteiger partial charge in [-0.15, -0.1) is 0 Å². The van der Waals surface area contributed by atoms with Crippen LogP contribution in [0.3, 0.4) is 0 Å². The predicted octanol–water partition coefficient (Wildman–Crippen LogP) is 2.70. The number of piperazine rings is 1. The molecule has 8 heteroatoms. The zero-order valence-corrected chi connectivity index (χ0v) is 14.3. The molecule has 2 atom stereocenters. The van der Waals surface area contributed by atoms with Crippen molar-refractivity contribution in [3.05, 3.63) is 35.4 Å². The lowest BCUT2D eigenvalue weighted by Gasteiger charge is -2.39. The Balaban J connectivity index is 1.75. The van der Waals surface area contributed by atoms with Gasteiger partial charge in [0, 0.05) is 25.2 Å². The fourth-order valence-electron chi connectivity index (χ4n) is 3.74. The quantitative estimate of drug-likeness (QED) is 0.827. The van der Waals surface area contributed by atoms with Crippen LogP contribution in [-0.2, 0) is 22.0 Å². The van der Waals surface area contributed by atoms with Crippen LogP contribution in [0, 0.1) is 0 Å². The second-order valence-electron chi connectivity index (χ2n) is 6.52. The number of nitrogens with zero attached hydrogens (tertiary/aromatic N) is 2. The normalized spacial score (nSPS) is 26.0. The minimum Gasteiger partial charge on any atom is -0.300 e. The molecule has 2 aliphatic rings. The van der Waals surface area contributed by atoms with Crippen LogP contribution < -0.4 is 0 Å². The SMILES string of the molecule is CCN1CC2CCC(C1)N2S(=O)(=O)Cc1ccc(C(F)(F)F)cc1. The smallest absolute Gasteiger partial charge is 0.300 e. The fourth-order valence-corrected chi connectivity index (χ4v) is 5.75. The highest BCUT2D eigenvalue weighted by Gasteiger charge is 2.45. The Hall–Kier alpha value is -1.12. The Kier molecular flexibility index (Phi) is 4.65. The van der Waals surface area contributed by atoms with Gasteiger partial charge in [0.1, 0.15) is 0 Å². The lowest BCUT2D eigenvalue weighted by atomic mass is 10.1. The van der Waals surface area contributed by atoms with Gasteiger partial charge in [-0.25, -0.2) is 8.42 Å². The van der Waals surface area contributed by atoms with E-state index < -0.39 is 21.8 Å². The fraction of sp³-hybridized carbons (Fsp3) is 0.625. The summed E-state index contributed by atoms with van der Waals surface area (Å²) in [5.74, 6) is -0.246. The third-order valence-electron chi connectivity index (χ3n) is 4.89. The molecule has 2 bridgehead atoms. The number of fused-ring (bicyclic) bond motifs is 2. The number of likely N-dealkylation sites (tertiary alicyclic amines) is 1. The third kappa shape index (κ3) is 3.45. The molecule has 0 amide bonds. The molecule has 0 N–H and O–H groups in total. The minimum absolute atomic E-state index is 0.0110. The number of alkyl halides is 3. The van der Waals surface area contributed by atoms with Gasteiger partial charge in [0.25, 0.3) is 0 Å². The Morgan fingerprint density at radius 2 is 1.62 bits per heavy atom. The average molecular weight is 362 g/mol. The summed E-state index contributed by atoms with van der Waals surface area (Å²) in [6.07, 6.45) is -2.70. The first kappa shape index (κ1) is 17.7. The zero-order valence-electron chi connectivity index (χ0n) is 13.5. The molecule has 2 fully saturated rings. The van der Waals surface area contributed by atoms with Crippen LogP contribution in [-0.4, -0.2) is 49.3 Å². The van der Waals surface area contributed by atoms with Crippen molar-refractivity contribution in [1.82, 2.24) is 9.21 Å². The molecule has 1 aromatic rings. The Bertz CT molecular complexity index is 674. The maximum absolute atomic E-state index is 12.8. The van der Waals surface area contributed by atoms with E-state index in [1.54, 1.807) is 4.31 Å². The molecular weight excluding hydrogens is 341 g/mol. The van der Waals surface area contributed by atoms with Gasteiger partial charge in [-0.3, -0.25) is 0 Å². The zero-order chi connectivity index (χ0) is 17.5. The molecule has 2 aliphatic heterocycles. The highest BCUT2D eigenvalue weighted by atomic mass is 32.2. The van der Waals surface area contributed by atoms with Crippen LogP contribution in [0.2, 0.25) is 0 Å². The van der Waals surface area contributed by atoms with Crippen molar-refractivity contribution < 1.29 is 21.6 Å². The molecule has 2 heterocycles. The van der Waals surface area contributed by atoms with Gasteiger partial charge < -0.3 is 4.90 Å². The molecule has 2 saturated heterocycles. The monoisotopic (exact) mass is 362 g/mol. The molecular formula is C16H21F3N2O2S. The van der Waals surface area contributed by atoms with E-state index in [0.717, 1.165) is 44.6 Å². The van der Waals surface area contributed by atoms with Crippen molar-refractivity contribution in [3.8, 4) is 0 Å². The second kappa shape index (κ2) is 6.31. The van der Waals surface area contributed by atoms with E-state index >= 15 is 0 Å². The largest absolute Gasteiger partial charge is 0.416 e. The number of rotatable bonds is 4. The lowest BCUT2D eigenvalue weighted by Crippen LogP contribution is -2.55. The number of sulfonamides is 1. The molecule has 1 aromatic carbocycles. The van der Waals surface area contributed by atoms with Gasteiger partial charge in [0.15, 0.2) is 0 Å². The first-order chi connectivity index (χ1) is 11.2. The number of benzene rings is 1. The summed E-state index contributed by atoms with van der Waals surface area (Å²) in [6, 6.07) is 4.37. The van der Waals surface area contributed by atoms with E-state index in [0.29, 0.717) is 5.56 Å². The number of halogens is 3. The van der Waals surface area contributed by atoms with Crippen molar-refractivity contribution in [2.45, 2.75) is 43.8 Å². The van der Waals surface area contributed by atoms with E-state index in [1.807, 2.05) is 0 Å². The number of hydrogen-bond donors (Lipinski definition) is 0. The molecule has 2 unspecified atom stereocenters. The van der Waals surface area contributed by atoms with Crippen LogP contribution >= 0.6 is 0 Å². The van der Waals surface area contributed by atoms with E-state index in [-0.39, 0.29) is 17.8 Å². The molecule has 0 saturated carbocycles. The Morgan fingerprint density at radius 3 is 2.08 bits per heavy atom. The highest BCUT2D eigenvalue weighted by Crippen LogP contribution is 2.34. The molecule has 0 aromatic heterocycles. The van der Waals surface area contributed by atoms with E-state index in [9.17, 15) is 21.6 Å². The summed E-state index contributed by atoms with van der Waals surface area (Å²) in [7, 11) is -3.53. The molecule has 0 spiro atoms. The molecule has 134 valence electrons. The first-order valence-corrected chi connectivity index (χ1v) is 9.71. The third-order valence-corrected chi connectivity index (χ3v) is 6.83. The van der Waals surface area contributed by atoms with E-state index in [1.165, 1.54) is 12.1 Å². The van der Waals surface area contributed by atoms with Crippen LogP contribution in [0.5, 0.6) is 0 Å². The summed E-state index contributed by atoms with van der Waals surface area (Å²) in [4.78, 5) is 2.26. The Labute approximate surface area is 140 Å². The first-order valence-electron chi connectivity index (χ1n) is 8.10. The van der Waals surface area contributed by atoms with Gasteiger partial charge in [0.05, 0.1) is 11.3 Å². The minimum atomic E-state index is -4.41. The van der Waals surface area contributed by atoms with Crippen LogP contribution in [0.1, 0.15) is 30.9 Å². The summed E-state index contributed by atoms with van der Waals surface area (Å²) in [5, 5.41) is 0. The average Bonchev–Trinajstić information content (AvgIpc) is 2.79. The number of hydrogen-bond acceptors (Lipinski definition) is 3. The predicted molar refractivity (Wildman–Crippen MR) is 84.8 cm³/mol. The van der Waals surface area contributed by atoms with Crippen LogP contribution in [0.25, 0.3) is 0 Å². The van der Waals surface area contributed by atoms with Crippen LogP contribution in [0.15, 0.2) is 24.3 Å². The van der Waals surface area contributed by atoms with Crippen molar-refractivity contribution in [2.24, 2.45) is 0 Å². The summed E-state index contributed by atoms with van der Waals surface area (Å²) in [6.45, 7) is 4.43. The van der Waals surface area contributed by atoms with Crippen molar-refractivity contribution in [2.75, 3.05) is 19.6 Å². The van der Waals surface area contributed by atoms with Gasteiger partial charge in [-0.05, 0) is 37.1 Å². The van der Waals surface area contributed by atoms with Gasteiger partial charge in [-0.2, -0.15) is 17.5 Å². The van der Waals surface area contributed by atoms with Gasteiger partial charge >= 0.3 is 6.18 Å². The Morgan fingerprint density at radius 1 is 1.08 bits per heavy atom. The molecule has 4 nitrogen and oxygen atoms in total. The van der Waals surface area contributed by atoms with Gasteiger partial charge in [0.2, 0.25) is 10.0 Å². The highest BCUT2D eigenvalue weighted by molar-refractivity contribution is 7.88. The molecule has 3 rings (SSSR count). The molecule has 0 radical (unpaired) electrons.